The zero-order chi connectivity index (χ0) is 61.4. The summed E-state index contributed by atoms with van der Waals surface area (Å²) in [6.45, 7) is -0.0708. The van der Waals surface area contributed by atoms with Crippen LogP contribution in [0.4, 0.5) is 34.1 Å². The van der Waals surface area contributed by atoms with Gasteiger partial charge in [0.05, 0.1) is 28.4 Å². The molecule has 0 bridgehead atoms. The minimum absolute atomic E-state index is 0.0708. The van der Waals surface area contributed by atoms with Crippen LogP contribution in [0.25, 0.3) is 106 Å². The lowest BCUT2D eigenvalue weighted by atomic mass is 9.33. The summed E-state index contributed by atoms with van der Waals surface area (Å²) in [7, 11) is 0. The van der Waals surface area contributed by atoms with E-state index in [4.69, 9.17) is 15.0 Å². The predicted molar refractivity (Wildman–Crippen MR) is 396 cm³/mol. The van der Waals surface area contributed by atoms with E-state index in [1.54, 1.807) is 0 Å². The first-order chi connectivity index (χ1) is 45.4. The Hall–Kier alpha value is -10.7. The molecule has 7 nitrogen and oxygen atoms in total. The fraction of sp³-hybridized carbons (Fsp3) is 0. The molecule has 0 N–H and O–H groups in total. The zero-order valence-corrected chi connectivity index (χ0v) is 53.6. The number of halogens is 2. The highest BCUT2D eigenvalue weighted by atomic mass is 127. The van der Waals surface area contributed by atoms with Gasteiger partial charge in [0, 0.05) is 68.7 Å². The quantitative estimate of drug-likeness (QED) is 0.100. The molecular formula is C82H50BI2N7. The van der Waals surface area contributed by atoms with Crippen molar-refractivity contribution < 1.29 is 0 Å². The van der Waals surface area contributed by atoms with Crippen LogP contribution in [0.2, 0.25) is 0 Å². The maximum atomic E-state index is 10.6. The molecule has 0 amide bonds. The van der Waals surface area contributed by atoms with Crippen LogP contribution in [-0.4, -0.2) is 26.2 Å². The second-order valence-corrected chi connectivity index (χ2v) is 25.8. The van der Waals surface area contributed by atoms with Crippen molar-refractivity contribution in [2.24, 2.45) is 0 Å². The molecule has 0 saturated heterocycles. The lowest BCUT2D eigenvalue weighted by Gasteiger charge is -2.44. The summed E-state index contributed by atoms with van der Waals surface area (Å²) in [6, 6.07) is 111. The van der Waals surface area contributed by atoms with Gasteiger partial charge in [0.1, 0.15) is 0 Å². The molecule has 0 saturated carbocycles. The SMILES string of the molecule is N#Cc1ccc(-n2c3ccc(-c4ccccc4)cc3c3cc(-c4cc5c6c(c4)N(c4ccc(-c7ccccc7)cc4)c4ccc(I)cc4B6c4cc(I)ccc4N5c4ccc(-c5ccccc5)cc4)ccc32)c(-c2nc(-c3ccccc3)nc(-c3ccccc3)n2)c1. The van der Waals surface area contributed by atoms with Gasteiger partial charge >= 0.3 is 0 Å². The molecular weight excluding hydrogens is 1350 g/mol. The van der Waals surface area contributed by atoms with Crippen molar-refractivity contribution in [2.45, 2.75) is 0 Å². The summed E-state index contributed by atoms with van der Waals surface area (Å²) in [5, 5.41) is 12.8. The van der Waals surface area contributed by atoms with E-state index in [0.717, 1.165) is 106 Å². The molecule has 17 rings (SSSR count). The molecule has 0 fully saturated rings. The van der Waals surface area contributed by atoms with E-state index in [1.165, 1.54) is 34.7 Å². The summed E-state index contributed by atoms with van der Waals surface area (Å²) in [4.78, 5) is 20.6. The fourth-order valence-electron chi connectivity index (χ4n) is 13.7. The fourth-order valence-corrected chi connectivity index (χ4v) is 14.7. The molecule has 0 aliphatic carbocycles. The van der Waals surface area contributed by atoms with Crippen molar-refractivity contribution >= 4 is 124 Å². The highest BCUT2D eigenvalue weighted by Crippen LogP contribution is 2.48. The molecule has 15 aromatic rings. The lowest BCUT2D eigenvalue weighted by molar-refractivity contribution is 1.06. The maximum absolute atomic E-state index is 10.6. The Morgan fingerprint density at radius 2 is 0.696 bits per heavy atom. The van der Waals surface area contributed by atoms with E-state index in [0.29, 0.717) is 28.6 Å². The molecule has 13 aromatic carbocycles. The number of benzene rings is 13. The van der Waals surface area contributed by atoms with E-state index in [-0.39, 0.29) is 6.71 Å². The van der Waals surface area contributed by atoms with E-state index < -0.39 is 0 Å². The van der Waals surface area contributed by atoms with E-state index >= 15 is 0 Å². The number of fused-ring (bicyclic) bond motifs is 7. The summed E-state index contributed by atoms with van der Waals surface area (Å²) in [6.07, 6.45) is 0. The molecule has 2 aliphatic rings. The van der Waals surface area contributed by atoms with Crippen LogP contribution < -0.4 is 26.2 Å². The van der Waals surface area contributed by atoms with Gasteiger partial charge in [-0.1, -0.05) is 200 Å². The average Bonchev–Trinajstić information content (AvgIpc) is 0.798. The number of hydrogen-bond donors (Lipinski definition) is 0. The van der Waals surface area contributed by atoms with Crippen molar-refractivity contribution in [2.75, 3.05) is 9.80 Å². The first-order valence-corrected chi connectivity index (χ1v) is 32.8. The minimum atomic E-state index is -0.0708. The largest absolute Gasteiger partial charge is 0.311 e. The van der Waals surface area contributed by atoms with Gasteiger partial charge < -0.3 is 14.4 Å². The average molecular weight is 1400 g/mol. The van der Waals surface area contributed by atoms with Gasteiger partial charge in [-0.25, -0.2) is 15.0 Å². The van der Waals surface area contributed by atoms with Crippen LogP contribution in [0.1, 0.15) is 5.56 Å². The van der Waals surface area contributed by atoms with E-state index in [9.17, 15) is 5.26 Å². The summed E-state index contributed by atoms with van der Waals surface area (Å²) < 4.78 is 4.70. The molecule has 0 atom stereocenters. The number of hydrogen-bond acceptors (Lipinski definition) is 6. The molecule has 10 heteroatoms. The van der Waals surface area contributed by atoms with Gasteiger partial charge in [-0.2, -0.15) is 5.26 Å². The van der Waals surface area contributed by atoms with Gasteiger partial charge in [-0.05, 0) is 209 Å². The van der Waals surface area contributed by atoms with Crippen molar-refractivity contribution in [1.29, 1.82) is 5.26 Å². The molecule has 2 aliphatic heterocycles. The van der Waals surface area contributed by atoms with Crippen molar-refractivity contribution in [1.82, 2.24) is 19.5 Å². The Balaban J connectivity index is 0.918. The van der Waals surface area contributed by atoms with Gasteiger partial charge in [0.15, 0.2) is 17.5 Å². The highest BCUT2D eigenvalue weighted by Gasteiger charge is 2.44. The van der Waals surface area contributed by atoms with E-state index in [2.05, 4.69) is 290 Å². The van der Waals surface area contributed by atoms with Crippen molar-refractivity contribution in [3.05, 3.63) is 316 Å². The van der Waals surface area contributed by atoms with Crippen LogP contribution in [0.5, 0.6) is 0 Å². The van der Waals surface area contributed by atoms with Crippen molar-refractivity contribution in [3.8, 4) is 90.4 Å². The number of nitrogens with zero attached hydrogens (tertiary/aromatic N) is 7. The van der Waals surface area contributed by atoms with Crippen LogP contribution in [0.15, 0.2) is 303 Å². The van der Waals surface area contributed by atoms with Gasteiger partial charge in [0.2, 0.25) is 0 Å². The summed E-state index contributed by atoms with van der Waals surface area (Å²) >= 11 is 4.99. The first-order valence-electron chi connectivity index (χ1n) is 30.6. The van der Waals surface area contributed by atoms with Gasteiger partial charge in [-0.15, -0.1) is 0 Å². The molecule has 0 spiro atoms. The van der Waals surface area contributed by atoms with Gasteiger partial charge in [-0.3, -0.25) is 0 Å². The third-order valence-corrected chi connectivity index (χ3v) is 19.3. The molecule has 430 valence electrons. The topological polar surface area (TPSA) is 73.9 Å². The molecule has 92 heavy (non-hydrogen) atoms. The standard InChI is InChI=1S/C82H50BI2N7/c84-63-33-42-75-70(49-63)83-71-50-64(85)34-43-76(71)91(66-37-29-57(30-38-66)54-18-8-2-9-19-54)78-48-62(47-77(79(78)83)90(75)65-35-27-56(28-36-65)53-16-6-1-7-17-53)61-32-41-73-68(46-61)67-45-60(55-20-10-3-11-21-55)31-40-72(67)92(73)74-39-26-52(51-86)44-69(74)82-88-80(58-22-12-4-13-23-58)87-81(89-82)59-24-14-5-15-25-59/h1-50H. The smallest absolute Gasteiger partial charge is 0.252 e. The second-order valence-electron chi connectivity index (χ2n) is 23.3. The predicted octanol–water partition coefficient (Wildman–Crippen LogP) is 19.8. The maximum Gasteiger partial charge on any atom is 0.252 e. The number of anilines is 6. The minimum Gasteiger partial charge on any atom is -0.311 e. The molecule has 0 radical (unpaired) electrons. The molecule has 2 aromatic heterocycles. The summed E-state index contributed by atoms with van der Waals surface area (Å²) in [5.41, 5.74) is 25.3. The van der Waals surface area contributed by atoms with Crippen molar-refractivity contribution in [3.63, 3.8) is 0 Å². The third-order valence-electron chi connectivity index (χ3n) is 18.0. The Labute approximate surface area is 560 Å². The van der Waals surface area contributed by atoms with Gasteiger partial charge in [0.25, 0.3) is 6.71 Å². The van der Waals surface area contributed by atoms with Crippen LogP contribution in [0.3, 0.4) is 0 Å². The molecule has 4 heterocycles. The number of rotatable bonds is 10. The number of aromatic nitrogens is 4. The van der Waals surface area contributed by atoms with Crippen LogP contribution in [-0.2, 0) is 0 Å². The molecule has 0 unspecified atom stereocenters. The number of nitriles is 1. The Morgan fingerprint density at radius 1 is 0.315 bits per heavy atom. The van der Waals surface area contributed by atoms with Crippen LogP contribution >= 0.6 is 45.2 Å². The Bertz CT molecular complexity index is 5210. The monoisotopic (exact) mass is 1400 g/mol. The Morgan fingerprint density at radius 3 is 1.14 bits per heavy atom. The normalized spacial score (nSPS) is 12.2. The zero-order valence-electron chi connectivity index (χ0n) is 49.3. The van der Waals surface area contributed by atoms with Crippen LogP contribution in [0, 0.1) is 18.5 Å². The van der Waals surface area contributed by atoms with E-state index in [1.807, 2.05) is 78.9 Å². The first kappa shape index (κ1) is 55.4. The summed E-state index contributed by atoms with van der Waals surface area (Å²) in [5.74, 6) is 1.55. The third kappa shape index (κ3) is 9.66. The Kier molecular flexibility index (Phi) is 13.8. The highest BCUT2D eigenvalue weighted by molar-refractivity contribution is 14.1. The lowest BCUT2D eigenvalue weighted by Crippen LogP contribution is -2.61. The second kappa shape index (κ2) is 23.0.